The molecule has 0 saturated carbocycles. The third kappa shape index (κ3) is 4.52. The van der Waals surface area contributed by atoms with Crippen molar-refractivity contribution >= 4 is 11.8 Å². The summed E-state index contributed by atoms with van der Waals surface area (Å²) < 4.78 is 0. The van der Waals surface area contributed by atoms with Crippen molar-refractivity contribution in [3.05, 3.63) is 53.5 Å². The molecule has 0 spiro atoms. The zero-order valence-corrected chi connectivity index (χ0v) is 17.5. The summed E-state index contributed by atoms with van der Waals surface area (Å²) in [6.07, 6.45) is 12.0. The van der Waals surface area contributed by atoms with Crippen molar-refractivity contribution in [2.75, 3.05) is 25.0 Å². The number of piperidine rings is 1. The maximum atomic E-state index is 12.8. The first-order valence-electron chi connectivity index (χ1n) is 10.8. The van der Waals surface area contributed by atoms with E-state index in [9.17, 15) is 4.79 Å². The van der Waals surface area contributed by atoms with Gasteiger partial charge in [-0.3, -0.25) is 4.98 Å². The van der Waals surface area contributed by atoms with Crippen LogP contribution in [-0.4, -0.2) is 47.1 Å². The van der Waals surface area contributed by atoms with Crippen molar-refractivity contribution in [1.82, 2.24) is 20.2 Å². The van der Waals surface area contributed by atoms with Crippen LogP contribution < -0.4 is 10.2 Å². The van der Waals surface area contributed by atoms with Gasteiger partial charge in [0.2, 0.25) is 0 Å². The zero-order valence-electron chi connectivity index (χ0n) is 17.5. The summed E-state index contributed by atoms with van der Waals surface area (Å²) in [7, 11) is 1.91. The number of hydrogen-bond acceptors (Lipinski definition) is 4. The van der Waals surface area contributed by atoms with Crippen molar-refractivity contribution < 1.29 is 4.79 Å². The largest absolute Gasteiger partial charge is 0.355 e. The molecule has 6 nitrogen and oxygen atoms in total. The molecule has 1 N–H and O–H groups in total. The van der Waals surface area contributed by atoms with Crippen LogP contribution >= 0.6 is 0 Å². The summed E-state index contributed by atoms with van der Waals surface area (Å²) in [6, 6.07) is 6.98. The molecule has 1 fully saturated rings. The number of aromatic nitrogens is 2. The summed E-state index contributed by atoms with van der Waals surface area (Å²) in [5, 5.41) is 3.19. The van der Waals surface area contributed by atoms with Crippen molar-refractivity contribution in [2.45, 2.75) is 57.5 Å². The van der Waals surface area contributed by atoms with E-state index in [4.69, 9.17) is 0 Å². The molecule has 2 heterocycles. The Kier molecular flexibility index (Phi) is 5.97. The fourth-order valence-electron chi connectivity index (χ4n) is 4.50. The minimum atomic E-state index is 0.00757. The number of nitrogens with one attached hydrogen (secondary N) is 1. The van der Waals surface area contributed by atoms with Crippen LogP contribution in [0.5, 0.6) is 0 Å². The maximum Gasteiger partial charge on any atom is 0.317 e. The highest BCUT2D eigenvalue weighted by atomic mass is 16.2. The van der Waals surface area contributed by atoms with Gasteiger partial charge in [0.25, 0.3) is 0 Å². The number of carbonyl (C=O) groups is 1. The zero-order chi connectivity index (χ0) is 20.2. The van der Waals surface area contributed by atoms with E-state index in [0.717, 1.165) is 38.2 Å². The van der Waals surface area contributed by atoms with E-state index < -0.39 is 0 Å². The molecule has 154 valence electrons. The number of benzene rings is 1. The summed E-state index contributed by atoms with van der Waals surface area (Å²) in [6.45, 7) is 3.86. The molecule has 4 rings (SSSR count). The molecule has 1 aliphatic heterocycles. The average molecular weight is 394 g/mol. The van der Waals surface area contributed by atoms with E-state index in [-0.39, 0.29) is 18.1 Å². The topological polar surface area (TPSA) is 61.4 Å². The quantitative estimate of drug-likeness (QED) is 0.860. The van der Waals surface area contributed by atoms with Crippen molar-refractivity contribution in [1.29, 1.82) is 0 Å². The van der Waals surface area contributed by atoms with E-state index in [2.05, 4.69) is 45.3 Å². The smallest absolute Gasteiger partial charge is 0.317 e. The van der Waals surface area contributed by atoms with E-state index in [1.54, 1.807) is 18.6 Å². The monoisotopic (exact) mass is 393 g/mol. The van der Waals surface area contributed by atoms with Crippen molar-refractivity contribution in [3.8, 4) is 0 Å². The average Bonchev–Trinajstić information content (AvgIpc) is 2.79. The molecule has 0 bridgehead atoms. The standard InChI is InChI=1S/C23H31N5O/c1-17(19-8-7-18-5-3-4-6-20(18)15-19)26-23(29)27(2)21-9-13-28(14-10-21)22-16-24-11-12-25-22/h7-8,11-12,15-17,21H,3-6,9-10,13-14H2,1-2H3,(H,26,29). The van der Waals surface area contributed by atoms with Crippen LogP contribution in [-0.2, 0) is 12.8 Å². The Morgan fingerprint density at radius 3 is 2.66 bits per heavy atom. The molecule has 1 aromatic heterocycles. The number of hydrogen-bond donors (Lipinski definition) is 1. The summed E-state index contributed by atoms with van der Waals surface area (Å²) in [5.41, 5.74) is 4.13. The van der Waals surface area contributed by atoms with Crippen LogP contribution in [0.25, 0.3) is 0 Å². The normalized spacial score (nSPS) is 18.1. The van der Waals surface area contributed by atoms with Crippen LogP contribution in [0.3, 0.4) is 0 Å². The van der Waals surface area contributed by atoms with Gasteiger partial charge in [0.1, 0.15) is 5.82 Å². The number of carbonyl (C=O) groups excluding carboxylic acids is 1. The predicted octanol–water partition coefficient (Wildman–Crippen LogP) is 3.73. The summed E-state index contributed by atoms with van der Waals surface area (Å²) in [5.74, 6) is 0.916. The Balaban J connectivity index is 1.31. The van der Waals surface area contributed by atoms with E-state index >= 15 is 0 Å². The Labute approximate surface area is 173 Å². The van der Waals surface area contributed by atoms with Gasteiger partial charge in [0, 0.05) is 38.6 Å². The maximum absolute atomic E-state index is 12.8. The molecule has 2 aliphatic rings. The molecule has 0 radical (unpaired) electrons. The fraction of sp³-hybridized carbons (Fsp3) is 0.522. The molecule has 1 aliphatic carbocycles. The number of aryl methyl sites for hydroxylation is 2. The first kappa shape index (κ1) is 19.7. The van der Waals surface area contributed by atoms with E-state index in [0.29, 0.717) is 0 Å². The lowest BCUT2D eigenvalue weighted by Crippen LogP contribution is -2.49. The molecule has 1 atom stereocenters. The molecular formula is C23H31N5O. The lowest BCUT2D eigenvalue weighted by atomic mass is 9.89. The van der Waals surface area contributed by atoms with Gasteiger partial charge in [-0.2, -0.15) is 0 Å². The highest BCUT2D eigenvalue weighted by Gasteiger charge is 2.27. The minimum absolute atomic E-state index is 0.00757. The van der Waals surface area contributed by atoms with Gasteiger partial charge < -0.3 is 15.1 Å². The Hall–Kier alpha value is -2.63. The highest BCUT2D eigenvalue weighted by Crippen LogP contribution is 2.25. The van der Waals surface area contributed by atoms with Gasteiger partial charge in [-0.05, 0) is 62.1 Å². The molecule has 2 amide bonds. The Bertz CT molecular complexity index is 832. The second-order valence-corrected chi connectivity index (χ2v) is 8.30. The van der Waals surface area contributed by atoms with Gasteiger partial charge >= 0.3 is 6.03 Å². The van der Waals surface area contributed by atoms with E-state index in [1.807, 2.05) is 11.9 Å². The number of urea groups is 1. The number of fused-ring (bicyclic) bond motifs is 1. The number of rotatable bonds is 4. The lowest BCUT2D eigenvalue weighted by Gasteiger charge is -2.37. The second kappa shape index (κ2) is 8.80. The number of nitrogens with zero attached hydrogens (tertiary/aromatic N) is 4. The molecular weight excluding hydrogens is 362 g/mol. The first-order valence-corrected chi connectivity index (χ1v) is 10.8. The minimum Gasteiger partial charge on any atom is -0.355 e. The fourth-order valence-corrected chi connectivity index (χ4v) is 4.50. The van der Waals surface area contributed by atoms with Crippen molar-refractivity contribution in [3.63, 3.8) is 0 Å². The van der Waals surface area contributed by atoms with Crippen molar-refractivity contribution in [2.24, 2.45) is 0 Å². The van der Waals surface area contributed by atoms with Gasteiger partial charge in [0.05, 0.1) is 12.2 Å². The van der Waals surface area contributed by atoms with Crippen LogP contribution in [0.4, 0.5) is 10.6 Å². The highest BCUT2D eigenvalue weighted by molar-refractivity contribution is 5.74. The summed E-state index contributed by atoms with van der Waals surface area (Å²) in [4.78, 5) is 25.5. The molecule has 2 aromatic rings. The molecule has 1 unspecified atom stereocenters. The van der Waals surface area contributed by atoms with Crippen LogP contribution in [0.1, 0.15) is 55.3 Å². The SMILES string of the molecule is CC(NC(=O)N(C)C1CCN(c2cnccn2)CC1)c1ccc2c(c1)CCCC2. The number of anilines is 1. The Morgan fingerprint density at radius 2 is 1.93 bits per heavy atom. The lowest BCUT2D eigenvalue weighted by molar-refractivity contribution is 0.177. The van der Waals surface area contributed by atoms with Gasteiger partial charge in [0.15, 0.2) is 0 Å². The van der Waals surface area contributed by atoms with Crippen LogP contribution in [0.15, 0.2) is 36.8 Å². The predicted molar refractivity (Wildman–Crippen MR) is 115 cm³/mol. The van der Waals surface area contributed by atoms with Crippen LogP contribution in [0, 0.1) is 0 Å². The van der Waals surface area contributed by atoms with Gasteiger partial charge in [-0.25, -0.2) is 9.78 Å². The molecule has 6 heteroatoms. The Morgan fingerprint density at radius 1 is 1.17 bits per heavy atom. The molecule has 1 aromatic carbocycles. The first-order chi connectivity index (χ1) is 14.1. The molecule has 29 heavy (non-hydrogen) atoms. The third-order valence-corrected chi connectivity index (χ3v) is 6.42. The van der Waals surface area contributed by atoms with Gasteiger partial charge in [-0.1, -0.05) is 18.2 Å². The molecule has 1 saturated heterocycles. The second-order valence-electron chi connectivity index (χ2n) is 8.30. The summed E-state index contributed by atoms with van der Waals surface area (Å²) >= 11 is 0. The van der Waals surface area contributed by atoms with Crippen LogP contribution in [0.2, 0.25) is 0 Å². The number of amides is 2. The van der Waals surface area contributed by atoms with E-state index in [1.165, 1.54) is 36.0 Å². The van der Waals surface area contributed by atoms with Gasteiger partial charge in [-0.15, -0.1) is 0 Å². The third-order valence-electron chi connectivity index (χ3n) is 6.42.